The van der Waals surface area contributed by atoms with Crippen LogP contribution < -0.4 is 0 Å². The summed E-state index contributed by atoms with van der Waals surface area (Å²) in [6, 6.07) is 13.1. The molecule has 0 N–H and O–H groups in total. The van der Waals surface area contributed by atoms with Gasteiger partial charge in [0.15, 0.2) is 0 Å². The number of rotatable bonds is 5. The molecule has 3 aromatic carbocycles. The van der Waals surface area contributed by atoms with E-state index in [0.29, 0.717) is 18.7 Å². The van der Waals surface area contributed by atoms with Gasteiger partial charge in [-0.05, 0) is 91.4 Å². The number of fused-ring (bicyclic) bond motifs is 1. The summed E-state index contributed by atoms with van der Waals surface area (Å²) in [7, 11) is 0. The number of hydrogen-bond donors (Lipinski definition) is 0. The monoisotopic (exact) mass is 652 g/mol. The summed E-state index contributed by atoms with van der Waals surface area (Å²) < 4.78 is 49.7. The van der Waals surface area contributed by atoms with Crippen molar-refractivity contribution in [2.75, 3.05) is 13.1 Å². The number of likely N-dealkylation sites (tertiary alicyclic amines) is 1. The van der Waals surface area contributed by atoms with Crippen LogP contribution in [-0.4, -0.2) is 40.5 Å². The minimum absolute atomic E-state index is 0.00967. The first-order chi connectivity index (χ1) is 20.4. The fourth-order valence-corrected chi connectivity index (χ4v) is 5.93. The van der Waals surface area contributed by atoms with Crippen molar-refractivity contribution in [3.8, 4) is 21.9 Å². The molecule has 1 fully saturated rings. The third-order valence-electron chi connectivity index (χ3n) is 7.93. The summed E-state index contributed by atoms with van der Waals surface area (Å²) in [5.41, 5.74) is 2.30. The summed E-state index contributed by atoms with van der Waals surface area (Å²) in [5.74, 6) is 0.764. The Hall–Kier alpha value is -3.77. The maximum absolute atomic E-state index is 15.4. The van der Waals surface area contributed by atoms with Gasteiger partial charge in [-0.3, -0.25) is 4.79 Å². The van der Waals surface area contributed by atoms with Crippen LogP contribution in [0.3, 0.4) is 0 Å². The highest BCUT2D eigenvalue weighted by Crippen LogP contribution is 2.38. The van der Waals surface area contributed by atoms with E-state index in [4.69, 9.17) is 4.74 Å². The van der Waals surface area contributed by atoms with Crippen molar-refractivity contribution in [1.82, 2.24) is 9.80 Å². The second-order valence-electron chi connectivity index (χ2n) is 11.9. The van der Waals surface area contributed by atoms with E-state index in [1.807, 2.05) is 45.0 Å². The second-order valence-corrected chi connectivity index (χ2v) is 12.3. The van der Waals surface area contributed by atoms with Gasteiger partial charge in [-0.25, -0.2) is 18.0 Å². The molecule has 0 saturated carbocycles. The Labute approximate surface area is 258 Å². The molecule has 9 heteroatoms. The Morgan fingerprint density at radius 2 is 1.70 bits per heavy atom. The Balaban J connectivity index is 1.33. The van der Waals surface area contributed by atoms with Crippen LogP contribution in [0.25, 0.3) is 11.1 Å². The van der Waals surface area contributed by atoms with Crippen molar-refractivity contribution in [1.29, 1.82) is 0 Å². The van der Waals surface area contributed by atoms with E-state index in [1.54, 1.807) is 11.0 Å². The first-order valence-electron chi connectivity index (χ1n) is 14.2. The van der Waals surface area contributed by atoms with E-state index >= 15 is 4.39 Å². The van der Waals surface area contributed by atoms with Gasteiger partial charge in [0.1, 0.15) is 23.1 Å². The highest BCUT2D eigenvalue weighted by Gasteiger charge is 2.37. The van der Waals surface area contributed by atoms with E-state index < -0.39 is 35.0 Å². The molecule has 224 valence electrons. The van der Waals surface area contributed by atoms with Crippen LogP contribution in [0.4, 0.5) is 18.0 Å². The van der Waals surface area contributed by atoms with Gasteiger partial charge in [0, 0.05) is 52.1 Å². The van der Waals surface area contributed by atoms with Crippen LogP contribution in [0.5, 0.6) is 0 Å². The van der Waals surface area contributed by atoms with Crippen molar-refractivity contribution in [3.05, 3.63) is 94.3 Å². The average Bonchev–Trinajstić information content (AvgIpc) is 3.30. The quantitative estimate of drug-likeness (QED) is 0.260. The number of carbonyl (C=O) groups is 2. The molecule has 1 saturated heterocycles. The SMILES string of the molecule is CC(C)(C)OC(=O)N1CCC(c2ccc(-c3cc(F)c4c(c3)C(=O)N(C(CC#CBr)c3cc(F)ccc3F)C4)cc2)CC1. The third-order valence-corrected chi connectivity index (χ3v) is 8.21. The Morgan fingerprint density at radius 3 is 2.35 bits per heavy atom. The smallest absolute Gasteiger partial charge is 0.410 e. The summed E-state index contributed by atoms with van der Waals surface area (Å²) >= 11 is 3.02. The molecule has 2 aliphatic rings. The fourth-order valence-electron chi connectivity index (χ4n) is 5.77. The molecule has 1 atom stereocenters. The van der Waals surface area contributed by atoms with Crippen molar-refractivity contribution >= 4 is 27.9 Å². The van der Waals surface area contributed by atoms with Crippen LogP contribution in [0.15, 0.2) is 54.6 Å². The molecule has 5 rings (SSSR count). The predicted octanol–water partition coefficient (Wildman–Crippen LogP) is 8.33. The molecular formula is C34H32BrF3N2O3. The number of ether oxygens (including phenoxy) is 1. The summed E-state index contributed by atoms with van der Waals surface area (Å²) in [6.07, 6.45) is 1.36. The lowest BCUT2D eigenvalue weighted by atomic mass is 9.88. The Kier molecular flexibility index (Phi) is 8.89. The van der Waals surface area contributed by atoms with Crippen LogP contribution >= 0.6 is 15.9 Å². The molecule has 0 aromatic heterocycles. The molecule has 0 aliphatic carbocycles. The molecule has 1 unspecified atom stereocenters. The highest BCUT2D eigenvalue weighted by atomic mass is 79.9. The van der Waals surface area contributed by atoms with Crippen molar-refractivity contribution < 1.29 is 27.5 Å². The van der Waals surface area contributed by atoms with Crippen molar-refractivity contribution in [2.24, 2.45) is 0 Å². The van der Waals surface area contributed by atoms with Gasteiger partial charge in [-0.15, -0.1) is 0 Å². The number of amides is 2. The van der Waals surface area contributed by atoms with E-state index in [9.17, 15) is 18.4 Å². The number of hydrogen-bond acceptors (Lipinski definition) is 3. The second kappa shape index (κ2) is 12.5. The lowest BCUT2D eigenvalue weighted by molar-refractivity contribution is 0.0204. The van der Waals surface area contributed by atoms with Crippen LogP contribution in [0.2, 0.25) is 0 Å². The van der Waals surface area contributed by atoms with Gasteiger partial charge in [0.2, 0.25) is 0 Å². The van der Waals surface area contributed by atoms with Gasteiger partial charge in [0.25, 0.3) is 5.91 Å². The van der Waals surface area contributed by atoms with Crippen LogP contribution in [0.1, 0.15) is 79.0 Å². The molecule has 0 bridgehead atoms. The average molecular weight is 654 g/mol. The van der Waals surface area contributed by atoms with Crippen LogP contribution in [0, 0.1) is 28.2 Å². The van der Waals surface area contributed by atoms with Crippen molar-refractivity contribution in [3.63, 3.8) is 0 Å². The van der Waals surface area contributed by atoms with E-state index in [0.717, 1.165) is 42.2 Å². The summed E-state index contributed by atoms with van der Waals surface area (Å²) in [6.45, 7) is 6.69. The maximum Gasteiger partial charge on any atom is 0.410 e. The standard InChI is InChI=1S/C34H32BrF3N2O3/c1-34(2,3)43-33(42)39-15-12-23(13-16-39)21-6-8-22(9-7-21)24-17-26-28(30(38)18-24)20-40(32(26)41)31(5-4-14-35)27-19-25(36)10-11-29(27)37/h6-11,17-19,23,31H,5,12-13,15-16,20H2,1-3H3. The number of carbonyl (C=O) groups excluding carboxylic acids is 2. The Bertz CT molecular complexity index is 1600. The van der Waals surface area contributed by atoms with Crippen molar-refractivity contribution in [2.45, 2.75) is 64.1 Å². The lowest BCUT2D eigenvalue weighted by Gasteiger charge is -2.33. The maximum atomic E-state index is 15.4. The summed E-state index contributed by atoms with van der Waals surface area (Å²) in [5, 5.41) is 0. The molecule has 2 amide bonds. The molecule has 5 nitrogen and oxygen atoms in total. The predicted molar refractivity (Wildman–Crippen MR) is 162 cm³/mol. The van der Waals surface area contributed by atoms with Gasteiger partial charge in [-0.1, -0.05) is 30.2 Å². The first kappa shape index (κ1) is 30.7. The van der Waals surface area contributed by atoms with Gasteiger partial charge >= 0.3 is 6.09 Å². The Morgan fingerprint density at radius 1 is 1.00 bits per heavy atom. The highest BCUT2D eigenvalue weighted by molar-refractivity contribution is 9.12. The van der Waals surface area contributed by atoms with E-state index in [-0.39, 0.29) is 41.7 Å². The lowest BCUT2D eigenvalue weighted by Crippen LogP contribution is -2.41. The molecule has 43 heavy (non-hydrogen) atoms. The van der Waals surface area contributed by atoms with E-state index in [1.165, 1.54) is 11.0 Å². The molecule has 0 radical (unpaired) electrons. The summed E-state index contributed by atoms with van der Waals surface area (Å²) in [4.78, 5) is 31.6. The first-order valence-corrected chi connectivity index (χ1v) is 15.0. The largest absolute Gasteiger partial charge is 0.444 e. The fraction of sp³-hybridized carbons (Fsp3) is 0.353. The minimum Gasteiger partial charge on any atom is -0.444 e. The number of piperidine rings is 1. The van der Waals surface area contributed by atoms with Gasteiger partial charge in [-0.2, -0.15) is 0 Å². The third kappa shape index (κ3) is 6.75. The van der Waals surface area contributed by atoms with E-state index in [2.05, 4.69) is 26.7 Å². The number of halogens is 4. The molecule has 3 aromatic rings. The molecule has 2 heterocycles. The normalized spacial score (nSPS) is 16.0. The topological polar surface area (TPSA) is 49.9 Å². The molecule has 2 aliphatic heterocycles. The molecule has 0 spiro atoms. The number of nitrogens with zero attached hydrogens (tertiary/aromatic N) is 2. The van der Waals surface area contributed by atoms with Gasteiger partial charge in [0.05, 0.1) is 12.6 Å². The number of benzene rings is 3. The molecular weight excluding hydrogens is 621 g/mol. The zero-order valence-corrected chi connectivity index (χ0v) is 25.8. The van der Waals surface area contributed by atoms with Crippen LogP contribution in [-0.2, 0) is 11.3 Å². The van der Waals surface area contributed by atoms with Gasteiger partial charge < -0.3 is 14.5 Å². The zero-order valence-electron chi connectivity index (χ0n) is 24.2. The minimum atomic E-state index is -0.899. The zero-order chi connectivity index (χ0) is 30.9.